The largest absolute Gasteiger partial charge is 0.457 e. The lowest BCUT2D eigenvalue weighted by Gasteiger charge is -2.28. The van der Waals surface area contributed by atoms with E-state index in [1.165, 1.54) is 25.1 Å². The molecular formula is C24H25FN2O4. The Kier molecular flexibility index (Phi) is 5.39. The Balaban J connectivity index is 1.93. The van der Waals surface area contributed by atoms with Crippen LogP contribution in [0.4, 0.5) is 4.39 Å². The Morgan fingerprint density at radius 1 is 1.32 bits per heavy atom. The number of halogens is 1. The summed E-state index contributed by atoms with van der Waals surface area (Å²) in [7, 11) is 0. The van der Waals surface area contributed by atoms with E-state index >= 15 is 0 Å². The number of amides is 1. The van der Waals surface area contributed by atoms with Crippen molar-refractivity contribution in [2.24, 2.45) is 0 Å². The van der Waals surface area contributed by atoms with Gasteiger partial charge in [0.2, 0.25) is 0 Å². The third-order valence-electron chi connectivity index (χ3n) is 6.08. The highest BCUT2D eigenvalue weighted by molar-refractivity contribution is 6.04. The zero-order valence-electron chi connectivity index (χ0n) is 18.0. The second kappa shape index (κ2) is 7.89. The Morgan fingerprint density at radius 2 is 2.06 bits per heavy atom. The topological polar surface area (TPSA) is 88.5 Å². The number of hydrogen-bond donors (Lipinski definition) is 2. The first kappa shape index (κ1) is 21.2. The molecule has 6 nitrogen and oxygen atoms in total. The number of cyclic esters (lactones) is 1. The highest BCUT2D eigenvalue weighted by atomic mass is 19.1. The number of aliphatic hydroxyl groups excluding tert-OH is 1. The maximum atomic E-state index is 14.6. The Labute approximate surface area is 179 Å². The van der Waals surface area contributed by atoms with E-state index in [0.29, 0.717) is 16.8 Å². The van der Waals surface area contributed by atoms with Crippen molar-refractivity contribution in [2.75, 3.05) is 6.61 Å². The number of rotatable bonds is 2. The van der Waals surface area contributed by atoms with Crippen LogP contribution in [0.1, 0.15) is 54.1 Å². The summed E-state index contributed by atoms with van der Waals surface area (Å²) in [5, 5.41) is 13.3. The van der Waals surface area contributed by atoms with Crippen molar-refractivity contribution in [2.45, 2.75) is 52.6 Å². The number of nitrogens with one attached hydrogen (secondary N) is 1. The first-order chi connectivity index (χ1) is 14.7. The highest BCUT2D eigenvalue weighted by Crippen LogP contribution is 2.41. The van der Waals surface area contributed by atoms with Crippen molar-refractivity contribution in [3.05, 3.63) is 57.6 Å². The minimum atomic E-state index is -0.873. The monoisotopic (exact) mass is 424 g/mol. The number of aliphatic hydroxyl groups is 1. The Bertz CT molecular complexity index is 1180. The SMILES string of the molecule is Cc1c(F)cc2nc(/C3=C/C(=O)OC/C(=C\C(C)O)C(=O)N3)c(C)c3c2c1CC[C@@H]3C. The predicted octanol–water partition coefficient (Wildman–Crippen LogP) is 3.36. The number of ether oxygens (including phenoxy) is 1. The molecule has 1 aromatic carbocycles. The molecule has 0 bridgehead atoms. The number of aryl methyl sites for hydroxylation is 1. The van der Waals surface area contributed by atoms with Crippen LogP contribution in [0.2, 0.25) is 0 Å². The molecule has 2 aromatic rings. The fraction of sp³-hybridized carbons (Fsp3) is 0.375. The molecule has 1 aliphatic heterocycles. The van der Waals surface area contributed by atoms with E-state index in [2.05, 4.69) is 17.2 Å². The quantitative estimate of drug-likeness (QED) is 0.570. The molecular weight excluding hydrogens is 399 g/mol. The lowest BCUT2D eigenvalue weighted by molar-refractivity contribution is -0.137. The molecule has 2 atom stereocenters. The van der Waals surface area contributed by atoms with E-state index < -0.39 is 18.0 Å². The summed E-state index contributed by atoms with van der Waals surface area (Å²) < 4.78 is 19.8. The average molecular weight is 424 g/mol. The van der Waals surface area contributed by atoms with Gasteiger partial charge in [0.1, 0.15) is 12.4 Å². The molecule has 0 spiro atoms. The van der Waals surface area contributed by atoms with Gasteiger partial charge in [0, 0.05) is 17.5 Å². The number of hydrogen-bond acceptors (Lipinski definition) is 5. The van der Waals surface area contributed by atoms with Gasteiger partial charge in [0.05, 0.1) is 28.6 Å². The molecule has 4 rings (SSSR count). The molecule has 2 heterocycles. The summed E-state index contributed by atoms with van der Waals surface area (Å²) in [5.74, 6) is -1.21. The fourth-order valence-electron chi connectivity index (χ4n) is 4.55. The lowest BCUT2D eigenvalue weighted by atomic mass is 9.79. The van der Waals surface area contributed by atoms with E-state index in [-0.39, 0.29) is 29.6 Å². The van der Waals surface area contributed by atoms with Crippen LogP contribution < -0.4 is 5.32 Å². The van der Waals surface area contributed by atoms with Crippen molar-refractivity contribution in [3.63, 3.8) is 0 Å². The van der Waals surface area contributed by atoms with Crippen LogP contribution in [-0.2, 0) is 20.7 Å². The van der Waals surface area contributed by atoms with Crippen LogP contribution in [0, 0.1) is 19.7 Å². The normalized spacial score (nSPS) is 23.0. The van der Waals surface area contributed by atoms with Crippen LogP contribution >= 0.6 is 0 Å². The molecule has 0 saturated heterocycles. The average Bonchev–Trinajstić information content (AvgIpc) is 2.70. The van der Waals surface area contributed by atoms with Gasteiger partial charge in [-0.2, -0.15) is 0 Å². The van der Waals surface area contributed by atoms with Gasteiger partial charge in [-0.25, -0.2) is 14.2 Å². The van der Waals surface area contributed by atoms with Gasteiger partial charge in [-0.1, -0.05) is 6.92 Å². The van der Waals surface area contributed by atoms with Crippen LogP contribution in [-0.4, -0.2) is 34.7 Å². The van der Waals surface area contributed by atoms with Crippen molar-refractivity contribution < 1.29 is 23.8 Å². The third-order valence-corrected chi connectivity index (χ3v) is 6.08. The minimum Gasteiger partial charge on any atom is -0.457 e. The van der Waals surface area contributed by atoms with Crippen LogP contribution in [0.5, 0.6) is 0 Å². The number of nitrogens with zero attached hydrogens (tertiary/aromatic N) is 1. The van der Waals surface area contributed by atoms with Gasteiger partial charge >= 0.3 is 5.97 Å². The number of esters is 1. The molecule has 1 aromatic heterocycles. The van der Waals surface area contributed by atoms with Gasteiger partial charge in [0.15, 0.2) is 0 Å². The number of pyridine rings is 1. The van der Waals surface area contributed by atoms with Crippen LogP contribution in [0.3, 0.4) is 0 Å². The van der Waals surface area contributed by atoms with E-state index in [1.54, 1.807) is 6.92 Å². The predicted molar refractivity (Wildman–Crippen MR) is 115 cm³/mol. The number of carbonyl (C=O) groups excluding carboxylic acids is 2. The molecule has 7 heteroatoms. The lowest BCUT2D eigenvalue weighted by Crippen LogP contribution is -2.30. The van der Waals surface area contributed by atoms with Crippen LogP contribution in [0.15, 0.2) is 23.8 Å². The van der Waals surface area contributed by atoms with Crippen LogP contribution in [0.25, 0.3) is 16.6 Å². The summed E-state index contributed by atoms with van der Waals surface area (Å²) in [4.78, 5) is 29.7. The smallest absolute Gasteiger partial charge is 0.333 e. The summed E-state index contributed by atoms with van der Waals surface area (Å²) in [6.45, 7) is 7.09. The second-order valence-corrected chi connectivity index (χ2v) is 8.35. The first-order valence-corrected chi connectivity index (χ1v) is 10.4. The number of benzene rings is 1. The molecule has 1 aliphatic carbocycles. The zero-order valence-corrected chi connectivity index (χ0v) is 18.0. The molecule has 0 saturated carbocycles. The molecule has 0 fully saturated rings. The van der Waals surface area contributed by atoms with Gasteiger partial charge in [-0.3, -0.25) is 4.79 Å². The van der Waals surface area contributed by atoms with E-state index in [9.17, 15) is 19.1 Å². The standard InChI is InChI=1S/C24H25FN2O4/c1-11-5-6-16-13(3)17(25)8-18-22(16)21(11)14(4)23(26-18)19-9-20(29)31-10-15(7-12(2)28)24(30)27-19/h7-9,11-12,28H,5-6,10H2,1-4H3,(H,27,30)/b15-7+,19-9-/t11-,12?/m0/s1. The molecule has 2 aliphatic rings. The van der Waals surface area contributed by atoms with E-state index in [0.717, 1.165) is 34.9 Å². The molecule has 2 N–H and O–H groups in total. The summed E-state index contributed by atoms with van der Waals surface area (Å²) >= 11 is 0. The molecule has 1 unspecified atom stereocenters. The summed E-state index contributed by atoms with van der Waals surface area (Å²) in [6, 6.07) is 1.42. The van der Waals surface area contributed by atoms with Crippen molar-refractivity contribution in [1.29, 1.82) is 0 Å². The second-order valence-electron chi connectivity index (χ2n) is 8.35. The Hall–Kier alpha value is -3.06. The number of aromatic nitrogens is 1. The van der Waals surface area contributed by atoms with Gasteiger partial charge in [0.25, 0.3) is 5.91 Å². The summed E-state index contributed by atoms with van der Waals surface area (Å²) in [6.07, 6.45) is 3.33. The van der Waals surface area contributed by atoms with E-state index in [1.807, 2.05) is 6.92 Å². The van der Waals surface area contributed by atoms with Crippen molar-refractivity contribution in [3.8, 4) is 0 Å². The molecule has 0 radical (unpaired) electrons. The molecule has 31 heavy (non-hydrogen) atoms. The summed E-state index contributed by atoms with van der Waals surface area (Å²) in [5.41, 5.74) is 4.78. The van der Waals surface area contributed by atoms with E-state index in [4.69, 9.17) is 4.74 Å². The van der Waals surface area contributed by atoms with Gasteiger partial charge in [-0.05, 0) is 67.9 Å². The van der Waals surface area contributed by atoms with Gasteiger partial charge < -0.3 is 15.2 Å². The Morgan fingerprint density at radius 3 is 2.77 bits per heavy atom. The third kappa shape index (κ3) is 3.74. The minimum absolute atomic E-state index is 0.144. The molecule has 162 valence electrons. The maximum absolute atomic E-state index is 14.6. The first-order valence-electron chi connectivity index (χ1n) is 10.4. The molecule has 1 amide bonds. The number of carbonyl (C=O) groups is 2. The maximum Gasteiger partial charge on any atom is 0.333 e. The van der Waals surface area contributed by atoms with Crippen molar-refractivity contribution >= 4 is 28.5 Å². The fourth-order valence-corrected chi connectivity index (χ4v) is 4.55. The zero-order chi connectivity index (χ0) is 22.4. The highest BCUT2D eigenvalue weighted by Gasteiger charge is 2.28. The van der Waals surface area contributed by atoms with Crippen molar-refractivity contribution in [1.82, 2.24) is 10.3 Å². The van der Waals surface area contributed by atoms with Gasteiger partial charge in [-0.15, -0.1) is 0 Å².